The summed E-state index contributed by atoms with van der Waals surface area (Å²) in [4.78, 5) is 12.0. The van der Waals surface area contributed by atoms with Gasteiger partial charge >= 0.3 is 0 Å². The smallest absolute Gasteiger partial charge is 0.155 e. The molecule has 0 heterocycles. The summed E-state index contributed by atoms with van der Waals surface area (Å²) >= 11 is 0. The summed E-state index contributed by atoms with van der Waals surface area (Å²) in [6.07, 6.45) is 11.5. The third-order valence-electron chi connectivity index (χ3n) is 7.78. The van der Waals surface area contributed by atoms with Crippen LogP contribution in [-0.2, 0) is 4.79 Å². The van der Waals surface area contributed by atoms with Crippen LogP contribution in [-0.4, -0.2) is 5.78 Å². The summed E-state index contributed by atoms with van der Waals surface area (Å²) in [5, 5.41) is 0. The largest absolute Gasteiger partial charge is 0.295 e. The Kier molecular flexibility index (Phi) is 3.14. The standard InChI is InChI=1S/C20H30O/c1-12-10-17-15(6-8-20(3)7-4-5-18(17)20)19-13(2)9-14(21)11-16(12)19/h11-13,15,17-19H,4-10H2,1-3H3/t12?,13?,15-,17+,18-,19+,20-/m0/s1. The SMILES string of the molecule is CC1C[C@@H]2[C@H](CC[C@]3(C)CCC[C@@H]23)[C@@H]2C1=CC(=O)CC2C. The first-order valence-electron chi connectivity index (χ1n) is 9.24. The van der Waals surface area contributed by atoms with E-state index in [-0.39, 0.29) is 0 Å². The Balaban J connectivity index is 1.70. The van der Waals surface area contributed by atoms with Crippen LogP contribution in [0.5, 0.6) is 0 Å². The van der Waals surface area contributed by atoms with Gasteiger partial charge in [0.2, 0.25) is 0 Å². The Hall–Kier alpha value is -0.590. The highest BCUT2D eigenvalue weighted by Crippen LogP contribution is 2.63. The number of rotatable bonds is 0. The van der Waals surface area contributed by atoms with E-state index in [9.17, 15) is 4.79 Å². The second-order valence-corrected chi connectivity index (χ2v) is 8.97. The molecule has 21 heavy (non-hydrogen) atoms. The van der Waals surface area contributed by atoms with E-state index in [4.69, 9.17) is 0 Å². The van der Waals surface area contributed by atoms with Crippen LogP contribution in [0.25, 0.3) is 0 Å². The molecule has 4 aliphatic carbocycles. The summed E-state index contributed by atoms with van der Waals surface area (Å²) < 4.78 is 0. The highest BCUT2D eigenvalue weighted by molar-refractivity contribution is 5.91. The van der Waals surface area contributed by atoms with Crippen molar-refractivity contribution in [2.45, 2.75) is 65.7 Å². The molecule has 4 rings (SSSR count). The van der Waals surface area contributed by atoms with Crippen LogP contribution in [0.3, 0.4) is 0 Å². The second-order valence-electron chi connectivity index (χ2n) is 8.97. The van der Waals surface area contributed by atoms with E-state index in [1.54, 1.807) is 0 Å². The summed E-state index contributed by atoms with van der Waals surface area (Å²) in [5.41, 5.74) is 2.18. The molecule has 0 spiro atoms. The molecular weight excluding hydrogens is 256 g/mol. The lowest BCUT2D eigenvalue weighted by Crippen LogP contribution is -2.48. The molecule has 0 bridgehead atoms. The zero-order valence-electron chi connectivity index (χ0n) is 13.9. The second kappa shape index (κ2) is 4.70. The third kappa shape index (κ3) is 1.99. The lowest BCUT2D eigenvalue weighted by molar-refractivity contribution is -0.117. The minimum atomic E-state index is 0.389. The maximum atomic E-state index is 12.0. The number of carbonyl (C=O) groups excluding carboxylic acids is 1. The van der Waals surface area contributed by atoms with Gasteiger partial charge < -0.3 is 0 Å². The van der Waals surface area contributed by atoms with Gasteiger partial charge in [-0.2, -0.15) is 0 Å². The Morgan fingerprint density at radius 2 is 1.95 bits per heavy atom. The van der Waals surface area contributed by atoms with Crippen molar-refractivity contribution in [1.29, 1.82) is 0 Å². The lowest BCUT2D eigenvalue weighted by Gasteiger charge is -2.55. The van der Waals surface area contributed by atoms with Crippen molar-refractivity contribution in [3.8, 4) is 0 Å². The Morgan fingerprint density at radius 3 is 2.76 bits per heavy atom. The highest BCUT2D eigenvalue weighted by Gasteiger charge is 2.54. The van der Waals surface area contributed by atoms with E-state index in [1.807, 2.05) is 6.08 Å². The van der Waals surface area contributed by atoms with Crippen LogP contribution >= 0.6 is 0 Å². The number of allylic oxidation sites excluding steroid dienone is 1. The molecule has 1 nitrogen and oxygen atoms in total. The molecule has 3 fully saturated rings. The van der Waals surface area contributed by atoms with Crippen LogP contribution in [0, 0.1) is 40.9 Å². The van der Waals surface area contributed by atoms with E-state index in [0.717, 1.165) is 30.1 Å². The van der Waals surface area contributed by atoms with E-state index >= 15 is 0 Å². The number of hydrogen-bond donors (Lipinski definition) is 0. The highest BCUT2D eigenvalue weighted by atomic mass is 16.1. The van der Waals surface area contributed by atoms with Gasteiger partial charge in [0.05, 0.1) is 0 Å². The molecule has 3 saturated carbocycles. The normalized spacial score (nSPS) is 52.7. The fourth-order valence-electron chi connectivity index (χ4n) is 6.89. The molecule has 4 aliphatic rings. The summed E-state index contributed by atoms with van der Waals surface area (Å²) in [7, 11) is 0. The zero-order valence-corrected chi connectivity index (χ0v) is 13.9. The molecule has 0 radical (unpaired) electrons. The Labute approximate surface area is 129 Å². The van der Waals surface area contributed by atoms with E-state index < -0.39 is 0 Å². The maximum Gasteiger partial charge on any atom is 0.155 e. The molecule has 0 N–H and O–H groups in total. The van der Waals surface area contributed by atoms with Crippen molar-refractivity contribution in [2.24, 2.45) is 40.9 Å². The van der Waals surface area contributed by atoms with Gasteiger partial charge in [0.1, 0.15) is 0 Å². The van der Waals surface area contributed by atoms with Gasteiger partial charge in [0, 0.05) is 6.42 Å². The van der Waals surface area contributed by atoms with Crippen LogP contribution < -0.4 is 0 Å². The number of hydrogen-bond acceptors (Lipinski definition) is 1. The molecule has 0 aromatic rings. The van der Waals surface area contributed by atoms with Crippen LogP contribution in [0.4, 0.5) is 0 Å². The van der Waals surface area contributed by atoms with Gasteiger partial charge in [0.25, 0.3) is 0 Å². The summed E-state index contributed by atoms with van der Waals surface area (Å²) in [5.74, 6) is 5.14. The minimum Gasteiger partial charge on any atom is -0.295 e. The summed E-state index contributed by atoms with van der Waals surface area (Å²) in [6.45, 7) is 7.30. The molecular formula is C20H30O. The van der Waals surface area contributed by atoms with Gasteiger partial charge in [-0.15, -0.1) is 0 Å². The average molecular weight is 286 g/mol. The first kappa shape index (κ1) is 14.0. The van der Waals surface area contributed by atoms with Crippen molar-refractivity contribution in [3.05, 3.63) is 11.6 Å². The molecule has 0 saturated heterocycles. The molecule has 0 aromatic heterocycles. The van der Waals surface area contributed by atoms with Crippen LogP contribution in [0.2, 0.25) is 0 Å². The van der Waals surface area contributed by atoms with Crippen molar-refractivity contribution in [2.75, 3.05) is 0 Å². The molecule has 7 atom stereocenters. The van der Waals surface area contributed by atoms with Crippen molar-refractivity contribution < 1.29 is 4.79 Å². The van der Waals surface area contributed by atoms with Crippen LogP contribution in [0.1, 0.15) is 65.7 Å². The monoisotopic (exact) mass is 286 g/mol. The molecule has 0 aliphatic heterocycles. The maximum absolute atomic E-state index is 12.0. The Bertz CT molecular complexity index is 490. The topological polar surface area (TPSA) is 17.1 Å². The molecule has 1 heteroatoms. The number of fused-ring (bicyclic) bond motifs is 5. The predicted octanol–water partition coefficient (Wildman–Crippen LogP) is 5.01. The predicted molar refractivity (Wildman–Crippen MR) is 85.8 cm³/mol. The third-order valence-corrected chi connectivity index (χ3v) is 7.78. The Morgan fingerprint density at radius 1 is 1.14 bits per heavy atom. The summed E-state index contributed by atoms with van der Waals surface area (Å²) in [6, 6.07) is 0. The van der Waals surface area contributed by atoms with Crippen LogP contribution in [0.15, 0.2) is 11.6 Å². The lowest BCUT2D eigenvalue weighted by atomic mass is 9.49. The average Bonchev–Trinajstić information content (AvgIpc) is 2.81. The first-order chi connectivity index (χ1) is 9.99. The van der Waals surface area contributed by atoms with E-state index in [1.165, 1.54) is 44.1 Å². The van der Waals surface area contributed by atoms with Crippen molar-refractivity contribution >= 4 is 5.78 Å². The fourth-order valence-corrected chi connectivity index (χ4v) is 6.89. The molecule has 116 valence electrons. The van der Waals surface area contributed by atoms with Gasteiger partial charge in [-0.1, -0.05) is 32.8 Å². The van der Waals surface area contributed by atoms with Crippen molar-refractivity contribution in [3.63, 3.8) is 0 Å². The fraction of sp³-hybridized carbons (Fsp3) is 0.850. The zero-order chi connectivity index (χ0) is 14.8. The molecule has 0 aromatic carbocycles. The van der Waals surface area contributed by atoms with Crippen molar-refractivity contribution in [1.82, 2.24) is 0 Å². The van der Waals surface area contributed by atoms with E-state index in [2.05, 4.69) is 20.8 Å². The van der Waals surface area contributed by atoms with Gasteiger partial charge in [-0.05, 0) is 79.1 Å². The first-order valence-corrected chi connectivity index (χ1v) is 9.24. The van der Waals surface area contributed by atoms with Gasteiger partial charge in [-0.3, -0.25) is 4.79 Å². The number of ketones is 1. The van der Waals surface area contributed by atoms with Gasteiger partial charge in [0.15, 0.2) is 5.78 Å². The number of carbonyl (C=O) groups is 1. The van der Waals surface area contributed by atoms with E-state index in [0.29, 0.717) is 23.0 Å². The molecule has 0 amide bonds. The quantitative estimate of drug-likeness (QED) is 0.611. The minimum absolute atomic E-state index is 0.389. The van der Waals surface area contributed by atoms with Gasteiger partial charge in [-0.25, -0.2) is 0 Å². The molecule has 2 unspecified atom stereocenters.